The van der Waals surface area contributed by atoms with E-state index >= 15 is 0 Å². The number of carbonyl (C=O) groups excluding carboxylic acids is 1. The van der Waals surface area contributed by atoms with Crippen LogP contribution in [0.2, 0.25) is 0 Å². The molecule has 0 bridgehead atoms. The molecule has 0 aliphatic heterocycles. The largest absolute Gasteiger partial charge is 0.493 e. The first-order valence-corrected chi connectivity index (χ1v) is 10.4. The van der Waals surface area contributed by atoms with Gasteiger partial charge in [-0.1, -0.05) is 12.1 Å². The van der Waals surface area contributed by atoms with Crippen molar-refractivity contribution in [2.75, 3.05) is 21.3 Å². The van der Waals surface area contributed by atoms with Crippen LogP contribution in [0, 0.1) is 6.92 Å². The standard InChI is InChI=1S/C24H22N2O4S/c1-14-9-10-16(31-14)13-17(24-25-18-7-5-6-8-19(18)26-24)22(27)15-11-20(28-2)23(30-4)21(12-15)29-3/h5-13H,1-4H3,(H,25,26)/b17-13-. The van der Waals surface area contributed by atoms with Gasteiger partial charge in [0.15, 0.2) is 17.3 Å². The molecule has 4 rings (SSSR count). The molecule has 0 fully saturated rings. The topological polar surface area (TPSA) is 73.4 Å². The Kier molecular flexibility index (Phi) is 5.77. The molecule has 7 heteroatoms. The molecule has 0 saturated heterocycles. The number of nitrogens with zero attached hydrogens (tertiary/aromatic N) is 1. The van der Waals surface area contributed by atoms with Crippen molar-refractivity contribution < 1.29 is 19.0 Å². The van der Waals surface area contributed by atoms with E-state index in [4.69, 9.17) is 14.2 Å². The Hall–Kier alpha value is -3.58. The minimum Gasteiger partial charge on any atom is -0.493 e. The fourth-order valence-corrected chi connectivity index (χ4v) is 4.18. The minimum atomic E-state index is -0.204. The molecule has 0 aliphatic carbocycles. The van der Waals surface area contributed by atoms with Crippen molar-refractivity contribution in [1.82, 2.24) is 9.97 Å². The number of thiophene rings is 1. The lowest BCUT2D eigenvalue weighted by Gasteiger charge is -2.14. The molecule has 0 radical (unpaired) electrons. The molecule has 0 spiro atoms. The number of methoxy groups -OCH3 is 3. The van der Waals surface area contributed by atoms with E-state index in [2.05, 4.69) is 9.97 Å². The zero-order chi connectivity index (χ0) is 22.0. The van der Waals surface area contributed by atoms with Crippen molar-refractivity contribution in [2.24, 2.45) is 0 Å². The molecular formula is C24H22N2O4S. The number of aromatic nitrogens is 2. The van der Waals surface area contributed by atoms with Crippen molar-refractivity contribution in [3.8, 4) is 17.2 Å². The highest BCUT2D eigenvalue weighted by Crippen LogP contribution is 2.39. The van der Waals surface area contributed by atoms with Crippen molar-refractivity contribution in [3.63, 3.8) is 0 Å². The second-order valence-corrected chi connectivity index (χ2v) is 8.17. The number of hydrogen-bond donors (Lipinski definition) is 1. The van der Waals surface area contributed by atoms with Gasteiger partial charge in [-0.05, 0) is 49.4 Å². The van der Waals surface area contributed by atoms with Crippen molar-refractivity contribution in [2.45, 2.75) is 6.92 Å². The zero-order valence-electron chi connectivity index (χ0n) is 17.7. The summed E-state index contributed by atoms with van der Waals surface area (Å²) >= 11 is 1.61. The lowest BCUT2D eigenvalue weighted by molar-refractivity contribution is 0.105. The molecule has 158 valence electrons. The lowest BCUT2D eigenvalue weighted by Crippen LogP contribution is -2.06. The number of H-pyrrole nitrogens is 1. The number of rotatable bonds is 7. The first-order valence-electron chi connectivity index (χ1n) is 9.62. The number of ketones is 1. The van der Waals surface area contributed by atoms with E-state index in [1.165, 1.54) is 21.3 Å². The van der Waals surface area contributed by atoms with Gasteiger partial charge in [0.25, 0.3) is 0 Å². The van der Waals surface area contributed by atoms with Crippen LogP contribution in [0.25, 0.3) is 22.7 Å². The number of nitrogens with one attached hydrogen (secondary N) is 1. The summed E-state index contributed by atoms with van der Waals surface area (Å²) in [7, 11) is 4.58. The summed E-state index contributed by atoms with van der Waals surface area (Å²) in [4.78, 5) is 23.7. The molecule has 31 heavy (non-hydrogen) atoms. The van der Waals surface area contributed by atoms with Gasteiger partial charge in [-0.25, -0.2) is 4.98 Å². The highest BCUT2D eigenvalue weighted by Gasteiger charge is 2.22. The van der Waals surface area contributed by atoms with E-state index in [0.717, 1.165) is 20.8 Å². The third-order valence-corrected chi connectivity index (χ3v) is 5.81. The number of aromatic amines is 1. The Morgan fingerprint density at radius 2 is 1.71 bits per heavy atom. The summed E-state index contributed by atoms with van der Waals surface area (Å²) in [6.45, 7) is 2.03. The second-order valence-electron chi connectivity index (χ2n) is 6.85. The summed E-state index contributed by atoms with van der Waals surface area (Å²) in [5, 5.41) is 0. The molecule has 0 amide bonds. The quantitative estimate of drug-likeness (QED) is 0.312. The van der Waals surface area contributed by atoms with E-state index < -0.39 is 0 Å². The fourth-order valence-electron chi connectivity index (χ4n) is 3.36. The maximum atomic E-state index is 13.7. The normalized spacial score (nSPS) is 11.5. The van der Waals surface area contributed by atoms with Crippen molar-refractivity contribution >= 4 is 39.8 Å². The number of hydrogen-bond acceptors (Lipinski definition) is 6. The van der Waals surface area contributed by atoms with Gasteiger partial charge in [0.1, 0.15) is 5.82 Å². The van der Waals surface area contributed by atoms with E-state index in [1.54, 1.807) is 23.5 Å². The van der Waals surface area contributed by atoms with Gasteiger partial charge in [0.2, 0.25) is 5.75 Å². The number of para-hydroxylation sites is 2. The van der Waals surface area contributed by atoms with Crippen LogP contribution in [0.15, 0.2) is 48.5 Å². The molecular weight excluding hydrogens is 412 g/mol. The van der Waals surface area contributed by atoms with Crippen LogP contribution in [0.1, 0.15) is 25.9 Å². The molecule has 0 unspecified atom stereocenters. The number of allylic oxidation sites excluding steroid dienone is 1. The molecule has 0 saturated carbocycles. The number of imidazole rings is 1. The average molecular weight is 435 g/mol. The second kappa shape index (κ2) is 8.65. The number of Topliss-reactive ketones (excluding diaryl/α,β-unsaturated/α-hetero) is 1. The zero-order valence-corrected chi connectivity index (χ0v) is 18.5. The minimum absolute atomic E-state index is 0.204. The van der Waals surface area contributed by atoms with Crippen molar-refractivity contribution in [1.29, 1.82) is 0 Å². The molecule has 4 aromatic rings. The van der Waals surface area contributed by atoms with Gasteiger partial charge in [-0.3, -0.25) is 4.79 Å². The predicted molar refractivity (Wildman–Crippen MR) is 123 cm³/mol. The Morgan fingerprint density at radius 3 is 2.29 bits per heavy atom. The number of benzene rings is 2. The van der Waals surface area contributed by atoms with E-state index in [1.807, 2.05) is 49.4 Å². The van der Waals surface area contributed by atoms with Crippen LogP contribution >= 0.6 is 11.3 Å². The van der Waals surface area contributed by atoms with Gasteiger partial charge >= 0.3 is 0 Å². The molecule has 1 N–H and O–H groups in total. The number of carbonyl (C=O) groups is 1. The Balaban J connectivity index is 1.87. The Bertz CT molecular complexity index is 1230. The molecule has 2 heterocycles. The molecule has 0 aliphatic rings. The van der Waals surface area contributed by atoms with Crippen LogP contribution in [0.3, 0.4) is 0 Å². The smallest absolute Gasteiger partial charge is 0.203 e. The summed E-state index contributed by atoms with van der Waals surface area (Å²) in [5.74, 6) is 1.57. The van der Waals surface area contributed by atoms with Crippen LogP contribution in [-0.2, 0) is 0 Å². The van der Waals surface area contributed by atoms with Crippen LogP contribution in [0.4, 0.5) is 0 Å². The molecule has 0 atom stereocenters. The van der Waals surface area contributed by atoms with E-state index in [-0.39, 0.29) is 5.78 Å². The molecule has 6 nitrogen and oxygen atoms in total. The Labute approximate surface area is 184 Å². The first kappa shape index (κ1) is 20.7. The summed E-state index contributed by atoms with van der Waals surface area (Å²) in [5.41, 5.74) is 2.52. The maximum Gasteiger partial charge on any atom is 0.203 e. The average Bonchev–Trinajstić information content (AvgIpc) is 3.41. The van der Waals surface area contributed by atoms with Crippen LogP contribution in [0.5, 0.6) is 17.2 Å². The Morgan fingerprint density at radius 1 is 1.00 bits per heavy atom. The summed E-state index contributed by atoms with van der Waals surface area (Å²) in [6.07, 6.45) is 1.86. The van der Waals surface area contributed by atoms with E-state index in [0.29, 0.717) is 34.2 Å². The van der Waals surface area contributed by atoms with Crippen molar-refractivity contribution in [3.05, 3.63) is 69.7 Å². The van der Waals surface area contributed by atoms with E-state index in [9.17, 15) is 4.79 Å². The number of ether oxygens (including phenoxy) is 3. The first-order chi connectivity index (χ1) is 15.0. The number of fused-ring (bicyclic) bond motifs is 1. The summed E-state index contributed by atoms with van der Waals surface area (Å²) < 4.78 is 16.2. The molecule has 2 aromatic carbocycles. The fraction of sp³-hybridized carbons (Fsp3) is 0.167. The van der Waals surface area contributed by atoms with Crippen LogP contribution in [-0.4, -0.2) is 37.1 Å². The van der Waals surface area contributed by atoms with Gasteiger partial charge in [-0.2, -0.15) is 0 Å². The van der Waals surface area contributed by atoms with Gasteiger partial charge in [0, 0.05) is 15.3 Å². The summed E-state index contributed by atoms with van der Waals surface area (Å²) in [6, 6.07) is 15.0. The molecule has 2 aromatic heterocycles. The van der Waals surface area contributed by atoms with Crippen LogP contribution < -0.4 is 14.2 Å². The van der Waals surface area contributed by atoms with Gasteiger partial charge in [0.05, 0.1) is 37.9 Å². The maximum absolute atomic E-state index is 13.7. The van der Waals surface area contributed by atoms with Gasteiger partial charge in [-0.15, -0.1) is 11.3 Å². The highest BCUT2D eigenvalue weighted by molar-refractivity contribution is 7.12. The predicted octanol–water partition coefficient (Wildman–Crippen LogP) is 5.38. The monoisotopic (exact) mass is 434 g/mol. The SMILES string of the molecule is COc1cc(C(=O)/C(=C/c2ccc(C)s2)c2nc3ccccc3[nH]2)cc(OC)c1OC. The third kappa shape index (κ3) is 4.04. The number of aryl methyl sites for hydroxylation is 1. The third-order valence-electron chi connectivity index (χ3n) is 4.86. The van der Waals surface area contributed by atoms with Gasteiger partial charge < -0.3 is 19.2 Å². The lowest BCUT2D eigenvalue weighted by atomic mass is 10.0. The highest BCUT2D eigenvalue weighted by atomic mass is 32.1.